The highest BCUT2D eigenvalue weighted by atomic mass is 16.6. The van der Waals surface area contributed by atoms with E-state index < -0.39 is 18.0 Å². The molecule has 2 saturated heterocycles. The maximum absolute atomic E-state index is 13.1. The van der Waals surface area contributed by atoms with Crippen LogP contribution in [-0.4, -0.2) is 42.1 Å². The molecule has 4 unspecified atom stereocenters. The van der Waals surface area contributed by atoms with Crippen molar-refractivity contribution in [2.45, 2.75) is 44.1 Å². The van der Waals surface area contributed by atoms with Crippen LogP contribution in [0.4, 0.5) is 5.69 Å². The number of carbonyl (C=O) groups is 2. The number of ether oxygens (including phenoxy) is 2. The third-order valence-electron chi connectivity index (χ3n) is 6.23. The van der Waals surface area contributed by atoms with Gasteiger partial charge in [0.25, 0.3) is 0 Å². The number of azide groups is 1. The fourth-order valence-corrected chi connectivity index (χ4v) is 4.59. The van der Waals surface area contributed by atoms with Crippen LogP contribution in [0.3, 0.4) is 0 Å². The van der Waals surface area contributed by atoms with Gasteiger partial charge in [-0.15, -0.1) is 0 Å². The third kappa shape index (κ3) is 4.55. The molecule has 2 aliphatic rings. The van der Waals surface area contributed by atoms with Crippen LogP contribution < -0.4 is 0 Å². The first-order valence-corrected chi connectivity index (χ1v) is 10.4. The second kappa shape index (κ2) is 9.20. The van der Waals surface area contributed by atoms with Crippen LogP contribution in [0, 0.1) is 5.92 Å². The molecule has 2 aromatic rings. The molecule has 160 valence electrons. The SMILES string of the molecule is CN1C2CCC1C(C(=O)OCc1ccc(N=[N+]=[N-])cc1)C(OC(=O)c1ccccc1)C2. The molecule has 2 fully saturated rings. The van der Waals surface area contributed by atoms with Gasteiger partial charge in [0, 0.05) is 29.1 Å². The van der Waals surface area contributed by atoms with E-state index in [1.165, 1.54) is 0 Å². The molecule has 0 saturated carbocycles. The summed E-state index contributed by atoms with van der Waals surface area (Å²) >= 11 is 0. The number of esters is 2. The van der Waals surface area contributed by atoms with Gasteiger partial charge in [0.15, 0.2) is 0 Å². The number of rotatable bonds is 6. The van der Waals surface area contributed by atoms with Gasteiger partial charge in [-0.05, 0) is 43.1 Å². The van der Waals surface area contributed by atoms with E-state index in [4.69, 9.17) is 15.0 Å². The molecule has 0 aliphatic carbocycles. The van der Waals surface area contributed by atoms with Crippen LogP contribution in [0.15, 0.2) is 59.7 Å². The molecule has 0 N–H and O–H groups in total. The van der Waals surface area contributed by atoms with Crippen molar-refractivity contribution in [3.8, 4) is 0 Å². The Morgan fingerprint density at radius 3 is 2.58 bits per heavy atom. The molecule has 8 heteroatoms. The summed E-state index contributed by atoms with van der Waals surface area (Å²) in [6.07, 6.45) is 1.96. The third-order valence-corrected chi connectivity index (χ3v) is 6.23. The topological polar surface area (TPSA) is 105 Å². The van der Waals surface area contributed by atoms with Gasteiger partial charge in [0.1, 0.15) is 18.6 Å². The molecule has 2 bridgehead atoms. The first-order chi connectivity index (χ1) is 15.1. The minimum atomic E-state index is -0.529. The number of carbonyl (C=O) groups excluding carboxylic acids is 2. The molecule has 4 rings (SSSR count). The highest BCUT2D eigenvalue weighted by molar-refractivity contribution is 5.89. The first-order valence-electron chi connectivity index (χ1n) is 10.4. The molecule has 0 amide bonds. The van der Waals surface area contributed by atoms with E-state index in [0.29, 0.717) is 23.7 Å². The number of piperidine rings is 1. The summed E-state index contributed by atoms with van der Waals surface area (Å²) < 4.78 is 11.4. The molecule has 0 spiro atoms. The van der Waals surface area contributed by atoms with Gasteiger partial charge in [-0.3, -0.25) is 9.69 Å². The first kappa shape index (κ1) is 20.9. The Balaban J connectivity index is 1.46. The van der Waals surface area contributed by atoms with Gasteiger partial charge >= 0.3 is 11.9 Å². The second-order valence-electron chi connectivity index (χ2n) is 8.00. The van der Waals surface area contributed by atoms with E-state index in [0.717, 1.165) is 18.4 Å². The smallest absolute Gasteiger partial charge is 0.338 e. The Morgan fingerprint density at radius 1 is 1.13 bits per heavy atom. The lowest BCUT2D eigenvalue weighted by atomic mass is 9.87. The van der Waals surface area contributed by atoms with Crippen molar-refractivity contribution in [1.82, 2.24) is 4.90 Å². The second-order valence-corrected chi connectivity index (χ2v) is 8.00. The maximum atomic E-state index is 13.1. The van der Waals surface area contributed by atoms with Gasteiger partial charge in [-0.25, -0.2) is 4.79 Å². The van der Waals surface area contributed by atoms with E-state index >= 15 is 0 Å². The number of hydrogen-bond acceptors (Lipinski definition) is 6. The van der Waals surface area contributed by atoms with Crippen LogP contribution >= 0.6 is 0 Å². The normalized spacial score (nSPS) is 24.8. The summed E-state index contributed by atoms with van der Waals surface area (Å²) in [6.45, 7) is 0.102. The molecular weight excluding hydrogens is 396 g/mol. The largest absolute Gasteiger partial charge is 0.460 e. The molecule has 0 radical (unpaired) electrons. The van der Waals surface area contributed by atoms with Crippen molar-refractivity contribution in [3.05, 3.63) is 76.2 Å². The molecule has 4 atom stereocenters. The Bertz CT molecular complexity index is 988. The van der Waals surface area contributed by atoms with E-state index in [9.17, 15) is 9.59 Å². The zero-order valence-electron chi connectivity index (χ0n) is 17.3. The summed E-state index contributed by atoms with van der Waals surface area (Å²) in [6, 6.07) is 16.0. The standard InChI is InChI=1S/C23H24N4O4/c1-27-18-11-12-19(27)21(20(13-18)31-22(28)16-5-3-2-4-6-16)23(29)30-14-15-7-9-17(10-8-15)25-26-24/h2-10,18-21H,11-14H2,1H3. The summed E-state index contributed by atoms with van der Waals surface area (Å²) in [5.74, 6) is -1.30. The van der Waals surface area contributed by atoms with E-state index in [1.54, 1.807) is 48.5 Å². The van der Waals surface area contributed by atoms with Crippen LogP contribution in [-0.2, 0) is 20.9 Å². The van der Waals surface area contributed by atoms with Gasteiger partial charge < -0.3 is 9.47 Å². The Hall–Kier alpha value is -3.35. The van der Waals surface area contributed by atoms with Gasteiger partial charge in [0.2, 0.25) is 0 Å². The molecule has 0 aromatic heterocycles. The predicted octanol–water partition coefficient (Wildman–Crippen LogP) is 4.38. The number of benzene rings is 2. The van der Waals surface area contributed by atoms with Crippen molar-refractivity contribution in [2.24, 2.45) is 11.0 Å². The van der Waals surface area contributed by atoms with Crippen LogP contribution in [0.5, 0.6) is 0 Å². The van der Waals surface area contributed by atoms with E-state index in [-0.39, 0.29) is 18.6 Å². The Kier molecular flexibility index (Phi) is 6.21. The quantitative estimate of drug-likeness (QED) is 0.298. The number of hydrogen-bond donors (Lipinski definition) is 0. The van der Waals surface area contributed by atoms with Gasteiger partial charge in [0.05, 0.1) is 5.56 Å². The molecular formula is C23H24N4O4. The summed E-state index contributed by atoms with van der Waals surface area (Å²) in [4.78, 5) is 30.7. The minimum absolute atomic E-state index is 0.00725. The number of fused-ring (bicyclic) bond motifs is 2. The van der Waals surface area contributed by atoms with Crippen molar-refractivity contribution < 1.29 is 19.1 Å². The maximum Gasteiger partial charge on any atom is 0.338 e. The lowest BCUT2D eigenvalue weighted by Gasteiger charge is -2.40. The predicted molar refractivity (Wildman–Crippen MR) is 113 cm³/mol. The summed E-state index contributed by atoms with van der Waals surface area (Å²) in [7, 11) is 2.02. The fourth-order valence-electron chi connectivity index (χ4n) is 4.59. The average molecular weight is 420 g/mol. The van der Waals surface area contributed by atoms with Gasteiger partial charge in [-0.2, -0.15) is 0 Å². The molecule has 2 aliphatic heterocycles. The highest BCUT2D eigenvalue weighted by Gasteiger charge is 2.51. The molecule has 8 nitrogen and oxygen atoms in total. The van der Waals surface area contributed by atoms with Crippen molar-refractivity contribution >= 4 is 17.6 Å². The average Bonchev–Trinajstić information content (AvgIpc) is 3.02. The highest BCUT2D eigenvalue weighted by Crippen LogP contribution is 2.40. The van der Waals surface area contributed by atoms with Crippen LogP contribution in [0.25, 0.3) is 10.4 Å². The monoisotopic (exact) mass is 420 g/mol. The van der Waals surface area contributed by atoms with Gasteiger partial charge in [-0.1, -0.05) is 47.6 Å². The van der Waals surface area contributed by atoms with Crippen molar-refractivity contribution in [3.63, 3.8) is 0 Å². The summed E-state index contributed by atoms with van der Waals surface area (Å²) in [5, 5.41) is 3.53. The minimum Gasteiger partial charge on any atom is -0.460 e. The number of nitrogens with zero attached hydrogens (tertiary/aromatic N) is 4. The van der Waals surface area contributed by atoms with E-state index in [1.807, 2.05) is 13.1 Å². The zero-order chi connectivity index (χ0) is 21.8. The zero-order valence-corrected chi connectivity index (χ0v) is 17.3. The van der Waals surface area contributed by atoms with Crippen molar-refractivity contribution in [1.29, 1.82) is 0 Å². The van der Waals surface area contributed by atoms with Crippen molar-refractivity contribution in [2.75, 3.05) is 7.05 Å². The Labute approximate surface area is 180 Å². The summed E-state index contributed by atoms with van der Waals surface area (Å²) in [5.41, 5.74) is 10.2. The molecule has 2 heterocycles. The van der Waals surface area contributed by atoms with E-state index in [2.05, 4.69) is 14.9 Å². The van der Waals surface area contributed by atoms with Crippen LogP contribution in [0.1, 0.15) is 35.2 Å². The lowest BCUT2D eigenvalue weighted by molar-refractivity contribution is -0.160. The molecule has 31 heavy (non-hydrogen) atoms. The Morgan fingerprint density at radius 2 is 1.87 bits per heavy atom. The fraction of sp³-hybridized carbons (Fsp3) is 0.391. The molecule has 2 aromatic carbocycles. The van der Waals surface area contributed by atoms with Crippen LogP contribution in [0.2, 0.25) is 0 Å². The lowest BCUT2D eigenvalue weighted by Crippen LogP contribution is -2.53.